The fraction of sp³-hybridized carbons (Fsp3) is 0.643. The molecule has 0 aliphatic carbocycles. The van der Waals surface area contributed by atoms with Gasteiger partial charge in [-0.05, 0) is 5.92 Å². The van der Waals surface area contributed by atoms with E-state index >= 15 is 0 Å². The number of hydrogen-bond donors (Lipinski definition) is 4. The number of fused-ring (bicyclic) bond motifs is 1. The quantitative estimate of drug-likeness (QED) is 0.541. The summed E-state index contributed by atoms with van der Waals surface area (Å²) in [6.07, 6.45) is -2.65. The van der Waals surface area contributed by atoms with E-state index < -0.39 is 30.1 Å². The summed E-state index contributed by atoms with van der Waals surface area (Å²) in [6, 6.07) is 0. The highest BCUT2D eigenvalue weighted by molar-refractivity contribution is 5.70. The summed E-state index contributed by atoms with van der Waals surface area (Å²) < 4.78 is 12.6. The van der Waals surface area contributed by atoms with Gasteiger partial charge in [0.25, 0.3) is 5.56 Å². The number of ether oxygens (including phenoxy) is 2. The molecule has 0 spiro atoms. The van der Waals surface area contributed by atoms with E-state index in [-0.39, 0.29) is 23.7 Å². The molecule has 0 bridgehead atoms. The van der Waals surface area contributed by atoms with Gasteiger partial charge in [0.05, 0.1) is 12.9 Å². The second-order valence-electron chi connectivity index (χ2n) is 6.25. The third kappa shape index (κ3) is 3.00. The Morgan fingerprint density at radius 2 is 2.21 bits per heavy atom. The molecule has 24 heavy (non-hydrogen) atoms. The fourth-order valence-electron chi connectivity index (χ4n) is 2.65. The first kappa shape index (κ1) is 16.8. The molecule has 3 rings (SSSR count). The lowest BCUT2D eigenvalue weighted by Crippen LogP contribution is -2.34. The first-order valence-electron chi connectivity index (χ1n) is 7.70. The number of nitrogens with two attached hydrogens (primary N) is 1. The number of aliphatic hydroxyl groups excluding tert-OH is 2. The topological polar surface area (TPSA) is 149 Å². The Labute approximate surface area is 137 Å². The molecule has 0 aromatic carbocycles. The number of hydrogen-bond acceptors (Lipinski definition) is 8. The molecule has 1 fully saturated rings. The lowest BCUT2D eigenvalue weighted by Gasteiger charge is -2.16. The molecule has 4 atom stereocenters. The van der Waals surface area contributed by atoms with Gasteiger partial charge in [0.2, 0.25) is 5.95 Å². The van der Waals surface area contributed by atoms with Crippen molar-refractivity contribution in [2.24, 2.45) is 5.92 Å². The lowest BCUT2D eigenvalue weighted by atomic mass is 10.1. The van der Waals surface area contributed by atoms with E-state index in [2.05, 4.69) is 15.0 Å². The average molecular weight is 339 g/mol. The van der Waals surface area contributed by atoms with E-state index in [0.29, 0.717) is 12.5 Å². The highest BCUT2D eigenvalue weighted by atomic mass is 16.6. The molecule has 1 aliphatic heterocycles. The van der Waals surface area contributed by atoms with Crippen LogP contribution in [0.5, 0.6) is 0 Å². The molecule has 5 N–H and O–H groups in total. The van der Waals surface area contributed by atoms with E-state index in [1.807, 2.05) is 13.8 Å². The van der Waals surface area contributed by atoms with Gasteiger partial charge >= 0.3 is 0 Å². The lowest BCUT2D eigenvalue weighted by molar-refractivity contribution is -0.0682. The molecular weight excluding hydrogens is 318 g/mol. The third-order valence-corrected chi connectivity index (χ3v) is 3.80. The predicted molar refractivity (Wildman–Crippen MR) is 84.1 cm³/mol. The number of nitrogen functional groups attached to an aromatic ring is 1. The number of imidazole rings is 1. The molecule has 0 amide bonds. The minimum absolute atomic E-state index is 0.0703. The van der Waals surface area contributed by atoms with Crippen LogP contribution in [0, 0.1) is 5.92 Å². The molecule has 1 aliphatic rings. The van der Waals surface area contributed by atoms with Crippen LogP contribution >= 0.6 is 0 Å². The highest BCUT2D eigenvalue weighted by Gasteiger charge is 2.44. The Kier molecular flexibility index (Phi) is 4.54. The van der Waals surface area contributed by atoms with Gasteiger partial charge in [-0.3, -0.25) is 14.3 Å². The first-order valence-corrected chi connectivity index (χ1v) is 7.70. The number of rotatable bonds is 5. The largest absolute Gasteiger partial charge is 0.387 e. The third-order valence-electron chi connectivity index (χ3n) is 3.80. The Hall–Kier alpha value is -2.01. The van der Waals surface area contributed by atoms with Crippen LogP contribution in [0.15, 0.2) is 11.1 Å². The maximum Gasteiger partial charge on any atom is 0.280 e. The fourth-order valence-corrected chi connectivity index (χ4v) is 2.65. The maximum atomic E-state index is 11.8. The van der Waals surface area contributed by atoms with Gasteiger partial charge in [-0.1, -0.05) is 13.8 Å². The molecule has 1 saturated heterocycles. The standard InChI is InChI=1S/C14H21N5O5/c1-6(2)3-23-4-7-9(20)10(21)13(24-7)19-5-16-8-11(19)17-14(15)18-12(8)22/h5-7,9-10,13,20-21H,3-4H2,1-2H3,(H3,15,17,18,22)/t7-,9-,10-,13-/m1/s1. The number of nitrogens with zero attached hydrogens (tertiary/aromatic N) is 3. The van der Waals surface area contributed by atoms with Crippen LogP contribution < -0.4 is 11.3 Å². The molecule has 2 aromatic rings. The van der Waals surface area contributed by atoms with Gasteiger partial charge in [0.15, 0.2) is 17.4 Å². The second-order valence-corrected chi connectivity index (χ2v) is 6.25. The van der Waals surface area contributed by atoms with Gasteiger partial charge in [-0.2, -0.15) is 4.98 Å². The molecule has 0 radical (unpaired) electrons. The van der Waals surface area contributed by atoms with E-state index in [0.717, 1.165) is 0 Å². The van der Waals surface area contributed by atoms with Gasteiger partial charge in [0.1, 0.15) is 18.3 Å². The predicted octanol–water partition coefficient (Wildman–Crippen LogP) is -1.01. The van der Waals surface area contributed by atoms with E-state index in [1.54, 1.807) is 0 Å². The Balaban J connectivity index is 1.84. The first-order chi connectivity index (χ1) is 11.4. The zero-order chi connectivity index (χ0) is 17.4. The van der Waals surface area contributed by atoms with E-state index in [9.17, 15) is 15.0 Å². The minimum Gasteiger partial charge on any atom is -0.387 e. The van der Waals surface area contributed by atoms with Crippen LogP contribution in [-0.2, 0) is 9.47 Å². The second kappa shape index (κ2) is 6.48. The normalized spacial score (nSPS) is 27.4. The number of aromatic nitrogens is 4. The summed E-state index contributed by atoms with van der Waals surface area (Å²) in [5.74, 6) is 0.278. The van der Waals surface area contributed by atoms with Crippen molar-refractivity contribution in [3.05, 3.63) is 16.7 Å². The summed E-state index contributed by atoms with van der Waals surface area (Å²) in [5, 5.41) is 20.5. The molecule has 2 aromatic heterocycles. The molecule has 0 unspecified atom stereocenters. The van der Waals surface area contributed by atoms with Crippen LogP contribution in [0.3, 0.4) is 0 Å². The number of aliphatic hydroxyl groups is 2. The molecule has 0 saturated carbocycles. The summed E-state index contributed by atoms with van der Waals surface area (Å²) in [5.41, 5.74) is 5.32. The SMILES string of the molecule is CC(C)COC[C@H]1O[C@@H](n2cnc3c(=O)[nH]c(N)nc32)[C@H](O)[C@@H]1O. The van der Waals surface area contributed by atoms with E-state index in [4.69, 9.17) is 15.2 Å². The van der Waals surface area contributed by atoms with Crippen molar-refractivity contribution < 1.29 is 19.7 Å². The Morgan fingerprint density at radius 3 is 2.92 bits per heavy atom. The van der Waals surface area contributed by atoms with Gasteiger partial charge in [0, 0.05) is 6.61 Å². The Morgan fingerprint density at radius 1 is 1.46 bits per heavy atom. The van der Waals surface area contributed by atoms with Crippen LogP contribution in [0.25, 0.3) is 11.2 Å². The van der Waals surface area contributed by atoms with Crippen molar-refractivity contribution in [2.45, 2.75) is 38.4 Å². The van der Waals surface area contributed by atoms with Crippen molar-refractivity contribution in [1.82, 2.24) is 19.5 Å². The van der Waals surface area contributed by atoms with Crippen LogP contribution in [0.1, 0.15) is 20.1 Å². The van der Waals surface area contributed by atoms with Gasteiger partial charge in [-0.15, -0.1) is 0 Å². The Bertz CT molecular complexity index is 772. The number of nitrogens with one attached hydrogen (secondary N) is 1. The molecule has 10 nitrogen and oxygen atoms in total. The summed E-state index contributed by atoms with van der Waals surface area (Å²) in [6.45, 7) is 4.69. The molecular formula is C14H21N5O5. The zero-order valence-corrected chi connectivity index (χ0v) is 13.4. The maximum absolute atomic E-state index is 11.8. The van der Waals surface area contributed by atoms with Crippen LogP contribution in [-0.4, -0.2) is 61.3 Å². The van der Waals surface area contributed by atoms with Crippen molar-refractivity contribution in [2.75, 3.05) is 18.9 Å². The van der Waals surface area contributed by atoms with Crippen LogP contribution in [0.4, 0.5) is 5.95 Å². The van der Waals surface area contributed by atoms with Gasteiger partial charge < -0.3 is 25.4 Å². The molecule has 132 valence electrons. The minimum atomic E-state index is -1.21. The summed E-state index contributed by atoms with van der Waals surface area (Å²) >= 11 is 0. The van der Waals surface area contributed by atoms with Crippen molar-refractivity contribution >= 4 is 17.1 Å². The highest BCUT2D eigenvalue weighted by Crippen LogP contribution is 2.31. The zero-order valence-electron chi connectivity index (χ0n) is 13.4. The van der Waals surface area contributed by atoms with Crippen molar-refractivity contribution in [1.29, 1.82) is 0 Å². The van der Waals surface area contributed by atoms with Crippen molar-refractivity contribution in [3.8, 4) is 0 Å². The number of H-pyrrole nitrogens is 1. The molecule has 10 heteroatoms. The van der Waals surface area contributed by atoms with Crippen molar-refractivity contribution in [3.63, 3.8) is 0 Å². The average Bonchev–Trinajstić information content (AvgIpc) is 3.03. The number of anilines is 1. The summed E-state index contributed by atoms with van der Waals surface area (Å²) in [7, 11) is 0. The monoisotopic (exact) mass is 339 g/mol. The van der Waals surface area contributed by atoms with Crippen LogP contribution in [0.2, 0.25) is 0 Å². The number of aromatic amines is 1. The van der Waals surface area contributed by atoms with Gasteiger partial charge in [-0.25, -0.2) is 4.98 Å². The van der Waals surface area contributed by atoms with E-state index in [1.165, 1.54) is 10.9 Å². The summed E-state index contributed by atoms with van der Waals surface area (Å²) in [4.78, 5) is 22.2. The molecule has 3 heterocycles. The smallest absolute Gasteiger partial charge is 0.280 e.